The molecular weight excluding hydrogens is 281 g/mol. The van der Waals surface area contributed by atoms with Crippen LogP contribution in [0.1, 0.15) is 49.3 Å². The molecule has 0 aliphatic carbocycles. The van der Waals surface area contributed by atoms with Crippen molar-refractivity contribution in [1.82, 2.24) is 5.43 Å². The largest absolute Gasteiger partial charge is 0.416 e. The van der Waals surface area contributed by atoms with Gasteiger partial charge in [-0.15, -0.1) is 0 Å². The van der Waals surface area contributed by atoms with E-state index in [9.17, 15) is 13.2 Å². The highest BCUT2D eigenvalue weighted by Gasteiger charge is 2.34. The Labute approximate surface area is 122 Å². The molecule has 1 aliphatic heterocycles. The van der Waals surface area contributed by atoms with Crippen molar-refractivity contribution in [2.45, 2.75) is 50.4 Å². The van der Waals surface area contributed by atoms with Crippen LogP contribution in [0.4, 0.5) is 13.2 Å². The molecule has 0 spiro atoms. The molecule has 1 aromatic carbocycles. The maximum Gasteiger partial charge on any atom is 0.416 e. The lowest BCUT2D eigenvalue weighted by molar-refractivity contribution is -0.138. The normalized spacial score (nSPS) is 20.7. The molecule has 118 valence electrons. The highest BCUT2D eigenvalue weighted by molar-refractivity contribution is 5.32. The molecule has 1 saturated heterocycles. The van der Waals surface area contributed by atoms with Crippen molar-refractivity contribution in [2.75, 3.05) is 6.61 Å². The molecule has 2 unspecified atom stereocenters. The van der Waals surface area contributed by atoms with Gasteiger partial charge in [-0.05, 0) is 43.7 Å². The van der Waals surface area contributed by atoms with E-state index in [0.29, 0.717) is 6.42 Å². The molecule has 1 heterocycles. The van der Waals surface area contributed by atoms with E-state index in [1.54, 1.807) is 6.07 Å². The zero-order chi connectivity index (χ0) is 15.3. The molecule has 1 fully saturated rings. The first-order chi connectivity index (χ1) is 10.0. The molecule has 0 amide bonds. The molecule has 0 radical (unpaired) electrons. The Balaban J connectivity index is 2.00. The van der Waals surface area contributed by atoms with Crippen LogP contribution in [0.15, 0.2) is 24.3 Å². The Morgan fingerprint density at radius 3 is 2.71 bits per heavy atom. The second-order valence-corrected chi connectivity index (χ2v) is 5.37. The summed E-state index contributed by atoms with van der Waals surface area (Å²) in [6, 6.07) is 5.09. The van der Waals surface area contributed by atoms with E-state index in [4.69, 9.17) is 10.6 Å². The Bertz CT molecular complexity index is 445. The van der Waals surface area contributed by atoms with Crippen LogP contribution in [0.3, 0.4) is 0 Å². The third kappa shape index (κ3) is 4.43. The van der Waals surface area contributed by atoms with E-state index in [2.05, 4.69) is 5.43 Å². The summed E-state index contributed by atoms with van der Waals surface area (Å²) in [5.41, 5.74) is 2.10. The minimum atomic E-state index is -4.36. The first-order valence-corrected chi connectivity index (χ1v) is 7.26. The number of hydrazine groups is 1. The number of halogens is 3. The Morgan fingerprint density at radius 2 is 2.10 bits per heavy atom. The summed E-state index contributed by atoms with van der Waals surface area (Å²) in [4.78, 5) is 0. The van der Waals surface area contributed by atoms with Crippen LogP contribution < -0.4 is 11.3 Å². The SMILES string of the molecule is NNC(CCCC1CCCO1)c1ccccc1C(F)(F)F. The molecular formula is C15H21F3N2O. The van der Waals surface area contributed by atoms with Crippen LogP contribution in [-0.2, 0) is 10.9 Å². The number of benzene rings is 1. The molecule has 2 atom stereocenters. The maximum absolute atomic E-state index is 13.0. The van der Waals surface area contributed by atoms with E-state index < -0.39 is 17.8 Å². The molecule has 1 aromatic rings. The Hall–Kier alpha value is -1.11. The van der Waals surface area contributed by atoms with Gasteiger partial charge in [0, 0.05) is 12.6 Å². The molecule has 2 rings (SSSR count). The zero-order valence-corrected chi connectivity index (χ0v) is 11.8. The topological polar surface area (TPSA) is 47.3 Å². The molecule has 0 bridgehead atoms. The van der Waals surface area contributed by atoms with Crippen molar-refractivity contribution in [3.8, 4) is 0 Å². The van der Waals surface area contributed by atoms with Gasteiger partial charge < -0.3 is 4.74 Å². The van der Waals surface area contributed by atoms with Crippen molar-refractivity contribution in [2.24, 2.45) is 5.84 Å². The van der Waals surface area contributed by atoms with Crippen LogP contribution in [0, 0.1) is 0 Å². The minimum absolute atomic E-state index is 0.208. The van der Waals surface area contributed by atoms with Gasteiger partial charge in [-0.25, -0.2) is 0 Å². The summed E-state index contributed by atoms with van der Waals surface area (Å²) < 4.78 is 44.6. The number of nitrogens with one attached hydrogen (secondary N) is 1. The fourth-order valence-corrected chi connectivity index (χ4v) is 2.81. The van der Waals surface area contributed by atoms with Crippen LogP contribution in [0.5, 0.6) is 0 Å². The average Bonchev–Trinajstić information content (AvgIpc) is 2.96. The predicted octanol–water partition coefficient (Wildman–Crippen LogP) is 3.56. The lowest BCUT2D eigenvalue weighted by atomic mass is 9.95. The van der Waals surface area contributed by atoms with Gasteiger partial charge in [0.1, 0.15) is 0 Å². The summed E-state index contributed by atoms with van der Waals surface area (Å²) in [5.74, 6) is 5.46. The number of alkyl halides is 3. The van der Waals surface area contributed by atoms with E-state index in [1.807, 2.05) is 0 Å². The first kappa shape index (κ1) is 16.3. The molecule has 21 heavy (non-hydrogen) atoms. The quantitative estimate of drug-likeness (QED) is 0.624. The minimum Gasteiger partial charge on any atom is -0.378 e. The van der Waals surface area contributed by atoms with E-state index in [0.717, 1.165) is 38.4 Å². The molecule has 0 saturated carbocycles. The molecule has 3 N–H and O–H groups in total. The zero-order valence-electron chi connectivity index (χ0n) is 11.8. The van der Waals surface area contributed by atoms with E-state index in [-0.39, 0.29) is 11.7 Å². The lowest BCUT2D eigenvalue weighted by Gasteiger charge is -2.21. The van der Waals surface area contributed by atoms with Crippen LogP contribution in [0.25, 0.3) is 0 Å². The fourth-order valence-electron chi connectivity index (χ4n) is 2.81. The summed E-state index contributed by atoms with van der Waals surface area (Å²) in [7, 11) is 0. The smallest absolute Gasteiger partial charge is 0.378 e. The molecule has 0 aromatic heterocycles. The average molecular weight is 302 g/mol. The van der Waals surface area contributed by atoms with Gasteiger partial charge >= 0.3 is 6.18 Å². The van der Waals surface area contributed by atoms with Gasteiger partial charge in [0.2, 0.25) is 0 Å². The van der Waals surface area contributed by atoms with Gasteiger partial charge in [0.05, 0.1) is 11.7 Å². The van der Waals surface area contributed by atoms with Crippen molar-refractivity contribution in [1.29, 1.82) is 0 Å². The maximum atomic E-state index is 13.0. The third-order valence-electron chi connectivity index (χ3n) is 3.89. The third-order valence-corrected chi connectivity index (χ3v) is 3.89. The molecule has 1 aliphatic rings. The first-order valence-electron chi connectivity index (χ1n) is 7.26. The van der Waals surface area contributed by atoms with Gasteiger partial charge in [-0.3, -0.25) is 11.3 Å². The summed E-state index contributed by atoms with van der Waals surface area (Å²) in [5, 5.41) is 0. The van der Waals surface area contributed by atoms with Gasteiger partial charge in [0.25, 0.3) is 0 Å². The van der Waals surface area contributed by atoms with Gasteiger partial charge in [-0.2, -0.15) is 13.2 Å². The second kappa shape index (κ2) is 7.24. The fraction of sp³-hybridized carbons (Fsp3) is 0.600. The van der Waals surface area contributed by atoms with Crippen LogP contribution >= 0.6 is 0 Å². The van der Waals surface area contributed by atoms with Gasteiger partial charge in [0.15, 0.2) is 0 Å². The number of ether oxygens (including phenoxy) is 1. The summed E-state index contributed by atoms with van der Waals surface area (Å²) in [6.45, 7) is 0.792. The standard InChI is InChI=1S/C15H21F3N2O/c16-15(17,18)13-8-2-1-7-12(13)14(20-19)9-3-5-11-6-4-10-21-11/h1-2,7-8,11,14,20H,3-6,9-10,19H2. The van der Waals surface area contributed by atoms with Crippen molar-refractivity contribution in [3.05, 3.63) is 35.4 Å². The van der Waals surface area contributed by atoms with Crippen LogP contribution in [0.2, 0.25) is 0 Å². The molecule has 6 heteroatoms. The highest BCUT2D eigenvalue weighted by atomic mass is 19.4. The Kier molecular flexibility index (Phi) is 5.61. The van der Waals surface area contributed by atoms with Crippen molar-refractivity contribution >= 4 is 0 Å². The summed E-state index contributed by atoms with van der Waals surface area (Å²) >= 11 is 0. The van der Waals surface area contributed by atoms with Crippen LogP contribution in [-0.4, -0.2) is 12.7 Å². The number of nitrogens with two attached hydrogens (primary N) is 1. The summed E-state index contributed by atoms with van der Waals surface area (Å²) in [6.07, 6.45) is 0.211. The predicted molar refractivity (Wildman–Crippen MR) is 74.3 cm³/mol. The molecule has 3 nitrogen and oxygen atoms in total. The van der Waals surface area contributed by atoms with Crippen molar-refractivity contribution < 1.29 is 17.9 Å². The highest BCUT2D eigenvalue weighted by Crippen LogP contribution is 2.35. The van der Waals surface area contributed by atoms with E-state index in [1.165, 1.54) is 12.1 Å². The number of hydrogen-bond donors (Lipinski definition) is 2. The van der Waals surface area contributed by atoms with E-state index >= 15 is 0 Å². The van der Waals surface area contributed by atoms with Crippen molar-refractivity contribution in [3.63, 3.8) is 0 Å². The Morgan fingerprint density at radius 1 is 1.33 bits per heavy atom. The number of hydrogen-bond acceptors (Lipinski definition) is 3. The monoisotopic (exact) mass is 302 g/mol. The van der Waals surface area contributed by atoms with Gasteiger partial charge in [-0.1, -0.05) is 18.2 Å². The second-order valence-electron chi connectivity index (χ2n) is 5.37. The number of rotatable bonds is 6. The lowest BCUT2D eigenvalue weighted by Crippen LogP contribution is -2.30.